The molecule has 0 fully saturated rings. The number of rotatable bonds is 29. The van der Waals surface area contributed by atoms with Crippen LogP contribution in [0.1, 0.15) is 142 Å². The maximum Gasteiger partial charge on any atom is 0.326 e. The molecular formula is C50H73N7O4. The van der Waals surface area contributed by atoms with Gasteiger partial charge in [0.25, 0.3) is 0 Å². The highest BCUT2D eigenvalue weighted by Gasteiger charge is 2.30. The Morgan fingerprint density at radius 3 is 1.74 bits per heavy atom. The quantitative estimate of drug-likeness (QED) is 0.0301. The van der Waals surface area contributed by atoms with Gasteiger partial charge < -0.3 is 36.3 Å². The van der Waals surface area contributed by atoms with Crippen LogP contribution in [0.4, 0.5) is 27.5 Å². The van der Waals surface area contributed by atoms with Crippen LogP contribution in [0.5, 0.6) is 11.5 Å². The molecule has 1 aliphatic heterocycles. The fourth-order valence-electron chi connectivity index (χ4n) is 8.11. The van der Waals surface area contributed by atoms with Crippen LogP contribution in [-0.4, -0.2) is 55.1 Å². The molecule has 1 aliphatic rings. The Morgan fingerprint density at radius 2 is 1.16 bits per heavy atom. The highest BCUT2D eigenvalue weighted by molar-refractivity contribution is 6.04. The van der Waals surface area contributed by atoms with Crippen molar-refractivity contribution in [2.45, 2.75) is 149 Å². The minimum Gasteiger partial charge on any atom is -0.453 e. The molecule has 2 heterocycles. The summed E-state index contributed by atoms with van der Waals surface area (Å²) in [5.74, 6) is 1.15. The average molecular weight is 836 g/mol. The smallest absolute Gasteiger partial charge is 0.326 e. The fraction of sp³-hybridized carbons (Fsp3) is 0.540. The number of aromatic nitrogens is 1. The topological polar surface area (TPSA) is 140 Å². The van der Waals surface area contributed by atoms with Gasteiger partial charge in [-0.25, -0.2) is 4.79 Å². The number of carbonyl (C=O) groups is 3. The Morgan fingerprint density at radius 1 is 0.623 bits per heavy atom. The van der Waals surface area contributed by atoms with E-state index in [0.717, 1.165) is 110 Å². The van der Waals surface area contributed by atoms with Crippen LogP contribution in [0, 0.1) is 0 Å². The monoisotopic (exact) mass is 836 g/mol. The van der Waals surface area contributed by atoms with Crippen LogP contribution in [0.15, 0.2) is 66.7 Å². The molecule has 1 atom stereocenters. The zero-order chi connectivity index (χ0) is 43.1. The highest BCUT2D eigenvalue weighted by atomic mass is 16.5. The molecule has 0 unspecified atom stereocenters. The summed E-state index contributed by atoms with van der Waals surface area (Å²) < 4.78 is 6.30. The Bertz CT molecular complexity index is 1860. The number of benzene rings is 3. The largest absolute Gasteiger partial charge is 0.453 e. The van der Waals surface area contributed by atoms with Crippen molar-refractivity contribution in [1.82, 2.24) is 20.9 Å². The number of H-pyrrole nitrogens is 1. The van der Waals surface area contributed by atoms with Crippen molar-refractivity contribution in [3.05, 3.63) is 72.4 Å². The third kappa shape index (κ3) is 15.3. The van der Waals surface area contributed by atoms with E-state index in [1.165, 1.54) is 51.4 Å². The number of hydrogen-bond acceptors (Lipinski definition) is 6. The van der Waals surface area contributed by atoms with Crippen molar-refractivity contribution in [3.8, 4) is 11.5 Å². The number of hydrogen-bond donors (Lipinski definition) is 6. The number of para-hydroxylation sites is 1. The third-order valence-corrected chi connectivity index (χ3v) is 11.4. The van der Waals surface area contributed by atoms with E-state index in [1.54, 1.807) is 4.90 Å². The summed E-state index contributed by atoms with van der Waals surface area (Å²) in [6, 6.07) is 21.2. The Balaban J connectivity index is 0.937. The normalized spacial score (nSPS) is 12.3. The molecular weight excluding hydrogens is 763 g/mol. The minimum absolute atomic E-state index is 0.0451. The zero-order valence-electron chi connectivity index (χ0n) is 37.3. The Labute approximate surface area is 364 Å². The number of carbonyl (C=O) groups excluding carboxylic acids is 3. The van der Waals surface area contributed by atoms with Gasteiger partial charge in [-0.15, -0.1) is 0 Å². The molecule has 3 aromatic carbocycles. The molecule has 332 valence electrons. The molecule has 11 heteroatoms. The number of unbranched alkanes of at least 4 members (excludes halogenated alkanes) is 15. The first-order valence-electron chi connectivity index (χ1n) is 23.6. The molecule has 0 aliphatic carbocycles. The Kier molecular flexibility index (Phi) is 20.1. The average Bonchev–Trinajstić information content (AvgIpc) is 3.67. The lowest BCUT2D eigenvalue weighted by Gasteiger charge is -2.32. The van der Waals surface area contributed by atoms with E-state index >= 15 is 0 Å². The number of aromatic amines is 1. The number of ether oxygens (including phenoxy) is 1. The van der Waals surface area contributed by atoms with E-state index in [9.17, 15) is 14.4 Å². The maximum atomic E-state index is 13.6. The summed E-state index contributed by atoms with van der Waals surface area (Å²) in [4.78, 5) is 45.0. The zero-order valence-corrected chi connectivity index (χ0v) is 37.3. The lowest BCUT2D eigenvalue weighted by molar-refractivity contribution is -0.129. The van der Waals surface area contributed by atoms with Gasteiger partial charge in [-0.2, -0.15) is 0 Å². The first kappa shape index (κ1) is 46.9. The summed E-state index contributed by atoms with van der Waals surface area (Å²) in [7, 11) is 0. The van der Waals surface area contributed by atoms with E-state index in [4.69, 9.17) is 4.74 Å². The summed E-state index contributed by atoms with van der Waals surface area (Å²) in [5, 5.41) is 17.1. The lowest BCUT2D eigenvalue weighted by atomic mass is 10.1. The van der Waals surface area contributed by atoms with Gasteiger partial charge in [-0.3, -0.25) is 14.5 Å². The third-order valence-electron chi connectivity index (χ3n) is 11.4. The number of urea groups is 1. The Hall–Kier alpha value is -5.19. The molecule has 0 saturated heterocycles. The van der Waals surface area contributed by atoms with E-state index in [2.05, 4.69) is 64.5 Å². The van der Waals surface area contributed by atoms with E-state index in [0.29, 0.717) is 37.4 Å². The minimum atomic E-state index is -0.602. The van der Waals surface area contributed by atoms with Gasteiger partial charge >= 0.3 is 6.03 Å². The fourth-order valence-corrected chi connectivity index (χ4v) is 8.11. The van der Waals surface area contributed by atoms with E-state index in [1.807, 2.05) is 54.6 Å². The van der Waals surface area contributed by atoms with Crippen LogP contribution in [-0.2, 0) is 16.0 Å². The number of fused-ring (bicyclic) bond motifs is 3. The number of nitrogens with zero attached hydrogens (tertiary/aromatic N) is 1. The summed E-state index contributed by atoms with van der Waals surface area (Å²) in [6.07, 6.45) is 20.1. The molecule has 61 heavy (non-hydrogen) atoms. The van der Waals surface area contributed by atoms with Gasteiger partial charge in [-0.1, -0.05) is 115 Å². The van der Waals surface area contributed by atoms with Gasteiger partial charge in [0.15, 0.2) is 11.5 Å². The SMILES string of the molecule is CCCCCCCCCC(=O)N[C@@H](Cc1cc2ccccc2[nH]1)C(=O)NCCCCCCCCCCCCNC(=O)N1c2ccc(NCC)cc2Oc2cc(NCC)ccc21. The van der Waals surface area contributed by atoms with Gasteiger partial charge in [-0.05, 0) is 74.9 Å². The highest BCUT2D eigenvalue weighted by Crippen LogP contribution is 2.48. The van der Waals surface area contributed by atoms with Crippen molar-refractivity contribution in [2.24, 2.45) is 0 Å². The second kappa shape index (κ2) is 26.2. The molecule has 0 spiro atoms. The van der Waals surface area contributed by atoms with Gasteiger partial charge in [0, 0.05) is 73.7 Å². The molecule has 5 rings (SSSR count). The van der Waals surface area contributed by atoms with Crippen molar-refractivity contribution in [2.75, 3.05) is 41.7 Å². The molecule has 11 nitrogen and oxygen atoms in total. The lowest BCUT2D eigenvalue weighted by Crippen LogP contribution is -2.48. The van der Waals surface area contributed by atoms with E-state index < -0.39 is 6.04 Å². The first-order valence-corrected chi connectivity index (χ1v) is 23.6. The maximum absolute atomic E-state index is 13.6. The molecule has 0 saturated carbocycles. The molecule has 0 bridgehead atoms. The van der Waals surface area contributed by atoms with Crippen molar-refractivity contribution in [1.29, 1.82) is 0 Å². The van der Waals surface area contributed by atoms with Crippen LogP contribution in [0.2, 0.25) is 0 Å². The van der Waals surface area contributed by atoms with Crippen LogP contribution in [0.3, 0.4) is 0 Å². The van der Waals surface area contributed by atoms with Gasteiger partial charge in [0.2, 0.25) is 11.8 Å². The molecule has 0 radical (unpaired) electrons. The van der Waals surface area contributed by atoms with E-state index in [-0.39, 0.29) is 17.8 Å². The summed E-state index contributed by atoms with van der Waals surface area (Å²) in [5.41, 5.74) is 5.35. The second-order valence-corrected chi connectivity index (χ2v) is 16.5. The predicted octanol–water partition coefficient (Wildman–Crippen LogP) is 11.9. The summed E-state index contributed by atoms with van der Waals surface area (Å²) in [6.45, 7) is 9.16. The van der Waals surface area contributed by atoms with Crippen LogP contribution in [0.25, 0.3) is 10.9 Å². The number of amides is 4. The first-order chi connectivity index (χ1) is 29.9. The number of nitrogens with one attached hydrogen (secondary N) is 6. The van der Waals surface area contributed by atoms with Crippen molar-refractivity contribution in [3.63, 3.8) is 0 Å². The van der Waals surface area contributed by atoms with Crippen LogP contribution >= 0.6 is 0 Å². The molecule has 6 N–H and O–H groups in total. The van der Waals surface area contributed by atoms with Crippen molar-refractivity contribution < 1.29 is 19.1 Å². The predicted molar refractivity (Wildman–Crippen MR) is 253 cm³/mol. The molecule has 1 aromatic heterocycles. The van der Waals surface area contributed by atoms with Crippen molar-refractivity contribution >= 4 is 51.5 Å². The number of anilines is 4. The summed E-state index contributed by atoms with van der Waals surface area (Å²) >= 11 is 0. The van der Waals surface area contributed by atoms with Crippen LogP contribution < -0.4 is 36.2 Å². The van der Waals surface area contributed by atoms with Gasteiger partial charge in [0.1, 0.15) is 6.04 Å². The standard InChI is InChI=1S/C50H73N7O4/c1-4-7-8-9-14-17-20-27-48(58)56-43(35-41-34-38-25-21-22-26-42(38)55-41)49(59)53-32-23-18-15-12-10-11-13-16-19-24-33-54-50(60)57-44-30-28-39(51-5-2)36-46(44)61-47-37-40(52-6-3)29-31-45(47)57/h21-22,25-26,28-31,34,36-37,43,51-52,55H,4-20,23-24,27,32-33,35H2,1-3H3,(H,53,59)(H,54,60)(H,56,58)/t43-/m0/s1. The van der Waals surface area contributed by atoms with Gasteiger partial charge in [0.05, 0.1) is 11.4 Å². The molecule has 4 aromatic rings. The molecule has 4 amide bonds. The second-order valence-electron chi connectivity index (χ2n) is 16.5.